The molecule has 0 unspecified atom stereocenters. The van der Waals surface area contributed by atoms with Gasteiger partial charge in [-0.1, -0.05) is 23.7 Å². The van der Waals surface area contributed by atoms with Crippen LogP contribution in [0.5, 0.6) is 5.75 Å². The highest BCUT2D eigenvalue weighted by molar-refractivity contribution is 7.80. The highest BCUT2D eigenvalue weighted by atomic mass is 35.5. The van der Waals surface area contributed by atoms with Gasteiger partial charge < -0.3 is 20.1 Å². The predicted octanol–water partition coefficient (Wildman–Crippen LogP) is 3.62. The number of carbonyl (C=O) groups excluding carboxylic acids is 1. The van der Waals surface area contributed by atoms with Crippen LogP contribution in [-0.2, 0) is 11.3 Å². The number of hydrogen-bond donors (Lipinski definition) is 2. The Kier molecular flexibility index (Phi) is 6.40. The minimum Gasteiger partial charge on any atom is -0.497 e. The third-order valence-corrected chi connectivity index (χ3v) is 3.82. The molecule has 7 heteroatoms. The lowest BCUT2D eigenvalue weighted by molar-refractivity contribution is 0.0601. The van der Waals surface area contributed by atoms with Gasteiger partial charge in [0, 0.05) is 12.2 Å². The van der Waals surface area contributed by atoms with Crippen LogP contribution in [0.1, 0.15) is 15.9 Å². The lowest BCUT2D eigenvalue weighted by Crippen LogP contribution is -2.27. The zero-order chi connectivity index (χ0) is 17.5. The largest absolute Gasteiger partial charge is 0.497 e. The van der Waals surface area contributed by atoms with Gasteiger partial charge in [-0.2, -0.15) is 0 Å². The molecule has 0 bridgehead atoms. The van der Waals surface area contributed by atoms with Crippen molar-refractivity contribution in [2.24, 2.45) is 0 Å². The average molecular weight is 365 g/mol. The van der Waals surface area contributed by atoms with Gasteiger partial charge in [0.1, 0.15) is 5.75 Å². The van der Waals surface area contributed by atoms with Crippen molar-refractivity contribution in [2.45, 2.75) is 6.54 Å². The number of halogens is 1. The van der Waals surface area contributed by atoms with E-state index in [1.165, 1.54) is 7.11 Å². The maximum atomic E-state index is 11.6. The first-order valence-electron chi connectivity index (χ1n) is 7.09. The van der Waals surface area contributed by atoms with Crippen molar-refractivity contribution in [1.29, 1.82) is 0 Å². The molecule has 0 aliphatic heterocycles. The Bertz CT molecular complexity index is 735. The first-order valence-corrected chi connectivity index (χ1v) is 7.87. The van der Waals surface area contributed by atoms with Gasteiger partial charge in [0.15, 0.2) is 5.11 Å². The Morgan fingerprint density at radius 3 is 2.50 bits per heavy atom. The minimum absolute atomic E-state index is 0.280. The number of carbonyl (C=O) groups is 1. The predicted molar refractivity (Wildman–Crippen MR) is 98.8 cm³/mol. The Balaban J connectivity index is 1.95. The van der Waals surface area contributed by atoms with Crippen molar-refractivity contribution >= 4 is 40.6 Å². The number of hydrogen-bond acceptors (Lipinski definition) is 4. The smallest absolute Gasteiger partial charge is 0.339 e. The number of nitrogens with one attached hydrogen (secondary N) is 2. The zero-order valence-corrected chi connectivity index (χ0v) is 14.8. The maximum absolute atomic E-state index is 11.6. The van der Waals surface area contributed by atoms with Crippen molar-refractivity contribution in [3.8, 4) is 5.75 Å². The number of methoxy groups -OCH3 is 2. The number of thiocarbonyl (C=S) groups is 1. The fourth-order valence-corrected chi connectivity index (χ4v) is 2.36. The van der Waals surface area contributed by atoms with Crippen LogP contribution < -0.4 is 15.4 Å². The van der Waals surface area contributed by atoms with E-state index in [-0.39, 0.29) is 5.56 Å². The molecule has 0 amide bonds. The highest BCUT2D eigenvalue weighted by Gasteiger charge is 2.11. The number of ether oxygens (including phenoxy) is 2. The van der Waals surface area contributed by atoms with E-state index >= 15 is 0 Å². The molecule has 0 aromatic heterocycles. The van der Waals surface area contributed by atoms with E-state index in [4.69, 9.17) is 33.3 Å². The summed E-state index contributed by atoms with van der Waals surface area (Å²) in [6, 6.07) is 12.6. The summed E-state index contributed by atoms with van der Waals surface area (Å²) >= 11 is 11.2. The molecule has 5 nitrogen and oxygen atoms in total. The monoisotopic (exact) mass is 364 g/mol. The van der Waals surface area contributed by atoms with Crippen LogP contribution in [0.4, 0.5) is 5.69 Å². The number of esters is 1. The summed E-state index contributed by atoms with van der Waals surface area (Å²) in [5.41, 5.74) is 1.99. The first-order chi connectivity index (χ1) is 11.5. The third kappa shape index (κ3) is 4.84. The molecule has 2 aromatic carbocycles. The van der Waals surface area contributed by atoms with E-state index < -0.39 is 5.97 Å². The van der Waals surface area contributed by atoms with Crippen LogP contribution in [0.25, 0.3) is 0 Å². The molecule has 0 aliphatic carbocycles. The van der Waals surface area contributed by atoms with E-state index in [1.54, 1.807) is 25.3 Å². The summed E-state index contributed by atoms with van der Waals surface area (Å²) in [6.07, 6.45) is 0. The van der Waals surface area contributed by atoms with Gasteiger partial charge in [0.2, 0.25) is 0 Å². The van der Waals surface area contributed by atoms with E-state index in [2.05, 4.69) is 10.6 Å². The van der Waals surface area contributed by atoms with Gasteiger partial charge in [-0.05, 0) is 48.1 Å². The fraction of sp³-hybridized carbons (Fsp3) is 0.176. The van der Waals surface area contributed by atoms with Crippen LogP contribution in [0.3, 0.4) is 0 Å². The lowest BCUT2D eigenvalue weighted by Gasteiger charge is -2.12. The third-order valence-electron chi connectivity index (χ3n) is 3.24. The number of benzene rings is 2. The van der Waals surface area contributed by atoms with E-state index in [0.717, 1.165) is 11.3 Å². The minimum atomic E-state index is -0.499. The van der Waals surface area contributed by atoms with Crippen LogP contribution in [-0.4, -0.2) is 25.3 Å². The molecule has 0 heterocycles. The fourth-order valence-electron chi connectivity index (χ4n) is 1.97. The Labute approximate surface area is 150 Å². The van der Waals surface area contributed by atoms with Gasteiger partial charge in [-0.3, -0.25) is 0 Å². The van der Waals surface area contributed by atoms with Gasteiger partial charge in [-0.25, -0.2) is 4.79 Å². The Morgan fingerprint density at radius 2 is 1.88 bits per heavy atom. The molecule has 0 aliphatic rings. The second-order valence-electron chi connectivity index (χ2n) is 4.84. The zero-order valence-electron chi connectivity index (χ0n) is 13.3. The van der Waals surface area contributed by atoms with Crippen molar-refractivity contribution < 1.29 is 14.3 Å². The van der Waals surface area contributed by atoms with Crippen molar-refractivity contribution in [3.05, 3.63) is 58.6 Å². The maximum Gasteiger partial charge on any atom is 0.339 e. The number of anilines is 1. The second-order valence-corrected chi connectivity index (χ2v) is 5.66. The number of rotatable bonds is 5. The van der Waals surface area contributed by atoms with Crippen LogP contribution in [0, 0.1) is 0 Å². The van der Waals surface area contributed by atoms with Crippen molar-refractivity contribution in [1.82, 2.24) is 5.32 Å². The molecule has 0 saturated heterocycles. The molecule has 2 rings (SSSR count). The first kappa shape index (κ1) is 18.0. The summed E-state index contributed by atoms with van der Waals surface area (Å²) in [5, 5.41) is 6.86. The molecule has 0 fully saturated rings. The van der Waals surface area contributed by atoms with Gasteiger partial charge in [-0.15, -0.1) is 0 Å². The van der Waals surface area contributed by atoms with Gasteiger partial charge in [0.05, 0.1) is 24.8 Å². The van der Waals surface area contributed by atoms with Crippen molar-refractivity contribution in [3.63, 3.8) is 0 Å². The average Bonchev–Trinajstić information content (AvgIpc) is 2.61. The summed E-state index contributed by atoms with van der Waals surface area (Å²) in [7, 11) is 2.93. The SMILES string of the molecule is COC(=O)c1cc(NC(=S)NCc2ccc(OC)cc2)ccc1Cl. The summed E-state index contributed by atoms with van der Waals surface area (Å²) in [5.74, 6) is 0.303. The molecule has 0 spiro atoms. The molecular weight excluding hydrogens is 348 g/mol. The molecule has 2 N–H and O–H groups in total. The van der Waals surface area contributed by atoms with Crippen molar-refractivity contribution in [2.75, 3.05) is 19.5 Å². The molecule has 24 heavy (non-hydrogen) atoms. The molecule has 0 atom stereocenters. The summed E-state index contributed by atoms with van der Waals surface area (Å²) in [4.78, 5) is 11.6. The lowest BCUT2D eigenvalue weighted by atomic mass is 10.2. The van der Waals surface area contributed by atoms with E-state index in [9.17, 15) is 4.79 Å². The standard InChI is InChI=1S/C17H17ClN2O3S/c1-22-13-6-3-11(4-7-13)10-19-17(24)20-12-5-8-15(18)14(9-12)16(21)23-2/h3-9H,10H2,1-2H3,(H2,19,20,24). The molecule has 2 aromatic rings. The topological polar surface area (TPSA) is 59.6 Å². The normalized spacial score (nSPS) is 9.96. The van der Waals surface area contributed by atoms with E-state index in [0.29, 0.717) is 22.4 Å². The van der Waals surface area contributed by atoms with Crippen LogP contribution >= 0.6 is 23.8 Å². The molecular formula is C17H17ClN2O3S. The Morgan fingerprint density at radius 1 is 1.17 bits per heavy atom. The molecule has 0 saturated carbocycles. The van der Waals surface area contributed by atoms with Crippen LogP contribution in [0.15, 0.2) is 42.5 Å². The molecule has 126 valence electrons. The van der Waals surface area contributed by atoms with E-state index in [1.807, 2.05) is 24.3 Å². The van der Waals surface area contributed by atoms with Gasteiger partial charge in [0.25, 0.3) is 0 Å². The molecule has 0 radical (unpaired) electrons. The highest BCUT2D eigenvalue weighted by Crippen LogP contribution is 2.21. The second kappa shape index (κ2) is 8.52. The Hall–Kier alpha value is -2.31. The van der Waals surface area contributed by atoms with Crippen LogP contribution in [0.2, 0.25) is 5.02 Å². The summed E-state index contributed by atoms with van der Waals surface area (Å²) < 4.78 is 9.81. The quantitative estimate of drug-likeness (QED) is 0.624. The van der Waals surface area contributed by atoms with Gasteiger partial charge >= 0.3 is 5.97 Å². The summed E-state index contributed by atoms with van der Waals surface area (Å²) in [6.45, 7) is 0.563.